The van der Waals surface area contributed by atoms with E-state index in [0.29, 0.717) is 0 Å². The topological polar surface area (TPSA) is 68.0 Å². The largest absolute Gasteiger partial charge is 0.480 e. The normalized spacial score (nSPS) is 39.9. The third kappa shape index (κ3) is 1.95. The fourth-order valence-electron chi connectivity index (χ4n) is 5.64. The Morgan fingerprint density at radius 3 is 2.10 bits per heavy atom. The summed E-state index contributed by atoms with van der Waals surface area (Å²) in [6, 6.07) is -0.499. The van der Waals surface area contributed by atoms with Gasteiger partial charge in [0.2, 0.25) is 0 Å². The lowest BCUT2D eigenvalue weighted by molar-refractivity contribution is -0.144. The zero-order valence-corrected chi connectivity index (χ0v) is 11.6. The highest BCUT2D eigenvalue weighted by Gasteiger charge is 2.52. The molecule has 1 N–H and O–H groups in total. The van der Waals surface area contributed by atoms with E-state index in [1.807, 2.05) is 0 Å². The molecule has 1 atom stereocenters. The van der Waals surface area contributed by atoms with E-state index in [1.54, 1.807) is 17.2 Å². The van der Waals surface area contributed by atoms with Crippen molar-refractivity contribution < 1.29 is 9.90 Å². The molecular formula is C15H21N3O2. The lowest BCUT2D eigenvalue weighted by Crippen LogP contribution is -2.47. The summed E-state index contributed by atoms with van der Waals surface area (Å²) >= 11 is 0. The standard InChI is InChI=1S/C15H21N3O2/c19-14(20)13(18-8-16-17-9-18)7-15-4-10-1-11(5-15)3-12(2-10)6-15/h8-13H,1-7H2,(H,19,20). The summed E-state index contributed by atoms with van der Waals surface area (Å²) in [5.74, 6) is 1.82. The SMILES string of the molecule is O=C(O)C(CC12CC3CC(CC(C3)C1)C2)n1cnnc1. The molecule has 1 heterocycles. The highest BCUT2D eigenvalue weighted by atomic mass is 16.4. The van der Waals surface area contributed by atoms with Gasteiger partial charge in [0.15, 0.2) is 0 Å². The van der Waals surface area contributed by atoms with E-state index in [9.17, 15) is 9.90 Å². The molecule has 0 saturated heterocycles. The smallest absolute Gasteiger partial charge is 0.326 e. The van der Waals surface area contributed by atoms with Crippen LogP contribution in [0.4, 0.5) is 0 Å². The van der Waals surface area contributed by atoms with Gasteiger partial charge in [-0.3, -0.25) is 0 Å². The summed E-state index contributed by atoms with van der Waals surface area (Å²) in [6.07, 6.45) is 11.7. The number of carboxylic acids is 1. The minimum absolute atomic E-state index is 0.266. The molecule has 4 fully saturated rings. The summed E-state index contributed by atoms with van der Waals surface area (Å²) < 4.78 is 1.67. The Morgan fingerprint density at radius 1 is 1.15 bits per heavy atom. The predicted molar refractivity (Wildman–Crippen MR) is 71.9 cm³/mol. The number of aromatic nitrogens is 3. The lowest BCUT2D eigenvalue weighted by Gasteiger charge is -2.57. The van der Waals surface area contributed by atoms with E-state index in [2.05, 4.69) is 10.2 Å². The van der Waals surface area contributed by atoms with Crippen LogP contribution in [-0.4, -0.2) is 25.8 Å². The second-order valence-electron chi connectivity index (χ2n) is 7.38. The monoisotopic (exact) mass is 275 g/mol. The van der Waals surface area contributed by atoms with Crippen LogP contribution in [0.1, 0.15) is 51.0 Å². The number of carboxylic acid groups (broad SMARTS) is 1. The molecule has 0 spiro atoms. The molecule has 1 unspecified atom stereocenters. The number of hydrogen-bond donors (Lipinski definition) is 1. The van der Waals surface area contributed by atoms with Crippen molar-refractivity contribution in [2.24, 2.45) is 23.2 Å². The molecule has 108 valence electrons. The Labute approximate surface area is 118 Å². The van der Waals surface area contributed by atoms with Crippen molar-refractivity contribution in [3.05, 3.63) is 12.7 Å². The van der Waals surface area contributed by atoms with Gasteiger partial charge < -0.3 is 9.67 Å². The van der Waals surface area contributed by atoms with Crippen molar-refractivity contribution in [2.75, 3.05) is 0 Å². The molecule has 0 amide bonds. The van der Waals surface area contributed by atoms with Gasteiger partial charge in [-0.1, -0.05) is 0 Å². The van der Waals surface area contributed by atoms with Crippen LogP contribution in [0.15, 0.2) is 12.7 Å². The quantitative estimate of drug-likeness (QED) is 0.916. The van der Waals surface area contributed by atoms with Crippen LogP contribution in [0.3, 0.4) is 0 Å². The maximum atomic E-state index is 11.6. The van der Waals surface area contributed by atoms with Crippen LogP contribution in [-0.2, 0) is 4.79 Å². The van der Waals surface area contributed by atoms with Gasteiger partial charge in [-0.25, -0.2) is 4.79 Å². The molecule has 4 aliphatic carbocycles. The molecule has 20 heavy (non-hydrogen) atoms. The first-order valence-electron chi connectivity index (χ1n) is 7.70. The van der Waals surface area contributed by atoms with E-state index in [1.165, 1.54) is 38.5 Å². The Kier molecular flexibility index (Phi) is 2.66. The van der Waals surface area contributed by atoms with Gasteiger partial charge in [0.1, 0.15) is 18.7 Å². The van der Waals surface area contributed by atoms with Gasteiger partial charge in [0, 0.05) is 0 Å². The molecule has 1 aromatic heterocycles. The molecule has 0 aliphatic heterocycles. The number of nitrogens with zero attached hydrogens (tertiary/aromatic N) is 3. The minimum atomic E-state index is -0.749. The van der Waals surface area contributed by atoms with Crippen molar-refractivity contribution >= 4 is 5.97 Å². The highest BCUT2D eigenvalue weighted by molar-refractivity contribution is 5.71. The predicted octanol–water partition coefficient (Wildman–Crippen LogP) is 2.51. The second kappa shape index (κ2) is 4.30. The van der Waals surface area contributed by atoms with E-state index in [-0.39, 0.29) is 5.41 Å². The van der Waals surface area contributed by atoms with Crippen molar-refractivity contribution in [1.82, 2.24) is 14.8 Å². The van der Waals surface area contributed by atoms with E-state index < -0.39 is 12.0 Å². The van der Waals surface area contributed by atoms with Gasteiger partial charge in [-0.15, -0.1) is 10.2 Å². The Hall–Kier alpha value is -1.39. The van der Waals surface area contributed by atoms with E-state index in [0.717, 1.165) is 24.2 Å². The number of rotatable bonds is 4. The third-order valence-corrected chi connectivity index (χ3v) is 5.87. The summed E-state index contributed by atoms with van der Waals surface area (Å²) in [5, 5.41) is 17.1. The van der Waals surface area contributed by atoms with Gasteiger partial charge in [0.25, 0.3) is 0 Å². The van der Waals surface area contributed by atoms with Crippen LogP contribution in [0.5, 0.6) is 0 Å². The molecule has 4 aliphatic rings. The van der Waals surface area contributed by atoms with Crippen molar-refractivity contribution in [2.45, 2.75) is 51.0 Å². The molecule has 5 rings (SSSR count). The molecule has 4 bridgehead atoms. The van der Waals surface area contributed by atoms with E-state index in [4.69, 9.17) is 0 Å². The summed E-state index contributed by atoms with van der Waals surface area (Å²) in [6.45, 7) is 0. The van der Waals surface area contributed by atoms with Crippen LogP contribution in [0, 0.1) is 23.2 Å². The zero-order valence-electron chi connectivity index (χ0n) is 11.6. The molecule has 5 heteroatoms. The van der Waals surface area contributed by atoms with Crippen LogP contribution >= 0.6 is 0 Å². The summed E-state index contributed by atoms with van der Waals surface area (Å²) in [7, 11) is 0. The van der Waals surface area contributed by atoms with Crippen molar-refractivity contribution in [3.63, 3.8) is 0 Å². The van der Waals surface area contributed by atoms with Crippen molar-refractivity contribution in [1.29, 1.82) is 0 Å². The third-order valence-electron chi connectivity index (χ3n) is 5.87. The molecular weight excluding hydrogens is 254 g/mol. The average Bonchev–Trinajstić information content (AvgIpc) is 2.87. The fraction of sp³-hybridized carbons (Fsp3) is 0.800. The van der Waals surface area contributed by atoms with Gasteiger partial charge in [-0.05, 0) is 68.1 Å². The molecule has 4 saturated carbocycles. The molecule has 1 aromatic rings. The summed E-state index contributed by atoms with van der Waals surface area (Å²) in [4.78, 5) is 11.6. The zero-order chi connectivity index (χ0) is 13.7. The Bertz CT molecular complexity index is 476. The van der Waals surface area contributed by atoms with Crippen molar-refractivity contribution in [3.8, 4) is 0 Å². The first-order chi connectivity index (χ1) is 9.63. The molecule has 0 aromatic carbocycles. The average molecular weight is 275 g/mol. The minimum Gasteiger partial charge on any atom is -0.480 e. The van der Waals surface area contributed by atoms with E-state index >= 15 is 0 Å². The number of hydrogen-bond acceptors (Lipinski definition) is 3. The van der Waals surface area contributed by atoms with Gasteiger partial charge in [-0.2, -0.15) is 0 Å². The number of aliphatic carboxylic acids is 1. The van der Waals surface area contributed by atoms with Crippen LogP contribution in [0.2, 0.25) is 0 Å². The fourth-order valence-corrected chi connectivity index (χ4v) is 5.64. The van der Waals surface area contributed by atoms with Gasteiger partial charge in [0.05, 0.1) is 0 Å². The van der Waals surface area contributed by atoms with Crippen LogP contribution < -0.4 is 0 Å². The first kappa shape index (κ1) is 12.4. The maximum absolute atomic E-state index is 11.6. The highest BCUT2D eigenvalue weighted by Crippen LogP contribution is 2.62. The van der Waals surface area contributed by atoms with Gasteiger partial charge >= 0.3 is 5.97 Å². The first-order valence-corrected chi connectivity index (χ1v) is 7.70. The Morgan fingerprint density at radius 2 is 1.65 bits per heavy atom. The summed E-state index contributed by atoms with van der Waals surface area (Å²) in [5.41, 5.74) is 0.266. The number of carbonyl (C=O) groups is 1. The molecule has 5 nitrogen and oxygen atoms in total. The second-order valence-corrected chi connectivity index (χ2v) is 7.38. The Balaban J connectivity index is 1.59. The lowest BCUT2D eigenvalue weighted by atomic mass is 9.48. The van der Waals surface area contributed by atoms with Crippen LogP contribution in [0.25, 0.3) is 0 Å². The molecule has 0 radical (unpaired) electrons. The maximum Gasteiger partial charge on any atom is 0.326 e.